The molecule has 1 atom stereocenters. The summed E-state index contributed by atoms with van der Waals surface area (Å²) in [7, 11) is 3.07. The maximum Gasteiger partial charge on any atom is 0.326 e. The maximum atomic E-state index is 13.4. The lowest BCUT2D eigenvalue weighted by molar-refractivity contribution is -0.141. The van der Waals surface area contributed by atoms with Crippen LogP contribution in [-0.2, 0) is 4.79 Å². The van der Waals surface area contributed by atoms with Crippen LogP contribution in [0.5, 0.6) is 11.6 Å². The lowest BCUT2D eigenvalue weighted by Crippen LogP contribution is -2.40. The van der Waals surface area contributed by atoms with Crippen LogP contribution in [0.1, 0.15) is 23.2 Å². The van der Waals surface area contributed by atoms with Crippen molar-refractivity contribution in [2.75, 3.05) is 20.8 Å². The van der Waals surface area contributed by atoms with Gasteiger partial charge in [0, 0.05) is 46.1 Å². The molecule has 0 bridgehead atoms. The summed E-state index contributed by atoms with van der Waals surface area (Å²) in [6.45, 7) is 0.393. The van der Waals surface area contributed by atoms with Gasteiger partial charge in [0.1, 0.15) is 11.8 Å². The lowest BCUT2D eigenvalue weighted by atomic mass is 9.92. The second kappa shape index (κ2) is 9.50. The molecule has 0 saturated carbocycles. The van der Waals surface area contributed by atoms with Gasteiger partial charge in [-0.1, -0.05) is 29.8 Å². The monoisotopic (exact) mass is 466 g/mol. The van der Waals surface area contributed by atoms with Crippen molar-refractivity contribution in [2.24, 2.45) is 0 Å². The van der Waals surface area contributed by atoms with Gasteiger partial charge in [-0.25, -0.2) is 9.78 Å². The van der Waals surface area contributed by atoms with Crippen LogP contribution in [0.3, 0.4) is 0 Å². The van der Waals surface area contributed by atoms with E-state index in [2.05, 4.69) is 4.98 Å². The van der Waals surface area contributed by atoms with Crippen LogP contribution >= 0.6 is 11.6 Å². The summed E-state index contributed by atoms with van der Waals surface area (Å²) >= 11 is 6.54. The molecule has 4 rings (SSSR count). The molecule has 1 aliphatic heterocycles. The fraction of sp³-hybridized carbons (Fsp3) is 0.240. The zero-order valence-corrected chi connectivity index (χ0v) is 19.0. The molecule has 7 nitrogen and oxygen atoms in total. The largest absolute Gasteiger partial charge is 0.496 e. The van der Waals surface area contributed by atoms with Crippen molar-refractivity contribution in [3.8, 4) is 33.9 Å². The molecule has 1 amide bonds. The van der Waals surface area contributed by atoms with Crippen LogP contribution in [0, 0.1) is 0 Å². The SMILES string of the molecule is COc1ccc(-c2c(OC)cc(C(=O)N3CCCC3C(=O)O)cc2-c2ccccc2Cl)cn1. The molecule has 1 unspecified atom stereocenters. The molecule has 1 saturated heterocycles. The molecule has 33 heavy (non-hydrogen) atoms. The Hall–Kier alpha value is -3.58. The molecule has 3 aromatic rings. The van der Waals surface area contributed by atoms with Crippen LogP contribution in [0.4, 0.5) is 0 Å². The first-order chi connectivity index (χ1) is 15.9. The minimum Gasteiger partial charge on any atom is -0.496 e. The van der Waals surface area contributed by atoms with Crippen molar-refractivity contribution in [1.82, 2.24) is 9.88 Å². The number of carbonyl (C=O) groups is 2. The first-order valence-electron chi connectivity index (χ1n) is 10.5. The summed E-state index contributed by atoms with van der Waals surface area (Å²) in [5.74, 6) is -0.433. The van der Waals surface area contributed by atoms with E-state index in [9.17, 15) is 14.7 Å². The Bertz CT molecular complexity index is 1200. The second-order valence-corrected chi connectivity index (χ2v) is 8.07. The van der Waals surface area contributed by atoms with Gasteiger partial charge in [-0.05, 0) is 42.7 Å². The average molecular weight is 467 g/mol. The zero-order chi connectivity index (χ0) is 23.5. The maximum absolute atomic E-state index is 13.4. The minimum absolute atomic E-state index is 0.333. The number of ether oxygens (including phenoxy) is 2. The Morgan fingerprint density at radius 1 is 1.09 bits per heavy atom. The summed E-state index contributed by atoms with van der Waals surface area (Å²) in [5.41, 5.74) is 3.20. The van der Waals surface area contributed by atoms with E-state index in [1.54, 1.807) is 37.6 Å². The number of benzene rings is 2. The minimum atomic E-state index is -1.000. The summed E-state index contributed by atoms with van der Waals surface area (Å²) in [6, 6.07) is 13.5. The zero-order valence-electron chi connectivity index (χ0n) is 18.2. The average Bonchev–Trinajstić information content (AvgIpc) is 3.33. The molecular weight excluding hydrogens is 444 g/mol. The highest BCUT2D eigenvalue weighted by Crippen LogP contribution is 2.43. The van der Waals surface area contributed by atoms with Gasteiger partial charge >= 0.3 is 5.97 Å². The number of likely N-dealkylation sites (tertiary alicyclic amines) is 1. The number of carboxylic acid groups (broad SMARTS) is 1. The van der Waals surface area contributed by atoms with Crippen LogP contribution in [0.15, 0.2) is 54.7 Å². The highest BCUT2D eigenvalue weighted by Gasteiger charge is 2.35. The summed E-state index contributed by atoms with van der Waals surface area (Å²) in [4.78, 5) is 30.7. The number of methoxy groups -OCH3 is 2. The molecular formula is C25H23ClN2O5. The number of carbonyl (C=O) groups excluding carboxylic acids is 1. The Kier molecular flexibility index (Phi) is 6.51. The van der Waals surface area contributed by atoms with E-state index in [-0.39, 0.29) is 5.91 Å². The predicted molar refractivity (Wildman–Crippen MR) is 125 cm³/mol. The third kappa shape index (κ3) is 4.36. The van der Waals surface area contributed by atoms with E-state index >= 15 is 0 Å². The Morgan fingerprint density at radius 2 is 1.88 bits per heavy atom. The smallest absolute Gasteiger partial charge is 0.326 e. The molecule has 1 aromatic heterocycles. The number of pyridine rings is 1. The quantitative estimate of drug-likeness (QED) is 0.562. The standard InChI is InChI=1S/C25H23ClN2O5/c1-32-21-13-16(24(29)28-11-5-8-20(28)25(30)31)12-18(17-6-3-4-7-19(17)26)23(21)15-9-10-22(33-2)27-14-15/h3-4,6-7,9-10,12-14,20H,5,8,11H2,1-2H3,(H,30,31). The number of aromatic nitrogens is 1. The Labute approximate surface area is 196 Å². The summed E-state index contributed by atoms with van der Waals surface area (Å²) in [6.07, 6.45) is 2.75. The van der Waals surface area contributed by atoms with Gasteiger partial charge in [0.2, 0.25) is 5.88 Å². The van der Waals surface area contributed by atoms with Crippen molar-refractivity contribution in [3.63, 3.8) is 0 Å². The molecule has 0 radical (unpaired) electrons. The lowest BCUT2D eigenvalue weighted by Gasteiger charge is -2.23. The van der Waals surface area contributed by atoms with Crippen molar-refractivity contribution < 1.29 is 24.2 Å². The number of carboxylic acids is 1. The summed E-state index contributed by atoms with van der Waals surface area (Å²) < 4.78 is 10.9. The molecule has 2 aromatic carbocycles. The third-order valence-corrected chi connectivity index (χ3v) is 6.10. The number of hydrogen-bond acceptors (Lipinski definition) is 5. The van der Waals surface area contributed by atoms with Crippen LogP contribution in [0.25, 0.3) is 22.3 Å². The summed E-state index contributed by atoms with van der Waals surface area (Å²) in [5, 5.41) is 10.0. The van der Waals surface area contributed by atoms with Crippen molar-refractivity contribution >= 4 is 23.5 Å². The van der Waals surface area contributed by atoms with Crippen LogP contribution in [0.2, 0.25) is 5.02 Å². The van der Waals surface area contributed by atoms with Crippen molar-refractivity contribution in [1.29, 1.82) is 0 Å². The highest BCUT2D eigenvalue weighted by molar-refractivity contribution is 6.33. The van der Waals surface area contributed by atoms with E-state index < -0.39 is 12.0 Å². The molecule has 8 heteroatoms. The van der Waals surface area contributed by atoms with Gasteiger partial charge in [0.15, 0.2) is 0 Å². The van der Waals surface area contributed by atoms with Gasteiger partial charge in [0.05, 0.1) is 14.2 Å². The van der Waals surface area contributed by atoms with Crippen LogP contribution < -0.4 is 9.47 Å². The first-order valence-corrected chi connectivity index (χ1v) is 10.8. The topological polar surface area (TPSA) is 89.0 Å². The Morgan fingerprint density at radius 3 is 2.52 bits per heavy atom. The number of amides is 1. The molecule has 1 aliphatic rings. The van der Waals surface area contributed by atoms with Gasteiger partial charge in [-0.15, -0.1) is 0 Å². The van der Waals surface area contributed by atoms with Crippen molar-refractivity contribution in [3.05, 3.63) is 65.3 Å². The van der Waals surface area contributed by atoms with Gasteiger partial charge in [-0.3, -0.25) is 4.79 Å². The number of rotatable bonds is 6. The predicted octanol–water partition coefficient (Wildman–Crippen LogP) is 4.78. The normalized spacial score (nSPS) is 15.4. The van der Waals surface area contributed by atoms with Crippen molar-refractivity contribution in [2.45, 2.75) is 18.9 Å². The number of halogens is 1. The fourth-order valence-corrected chi connectivity index (χ4v) is 4.41. The highest BCUT2D eigenvalue weighted by atomic mass is 35.5. The van der Waals surface area contributed by atoms with Gasteiger partial charge in [-0.2, -0.15) is 0 Å². The fourth-order valence-electron chi connectivity index (χ4n) is 4.17. The van der Waals surface area contributed by atoms with E-state index in [0.29, 0.717) is 58.3 Å². The van der Waals surface area contributed by atoms with Crippen LogP contribution in [-0.4, -0.2) is 53.7 Å². The molecule has 1 fully saturated rings. The number of hydrogen-bond donors (Lipinski definition) is 1. The van der Waals surface area contributed by atoms with E-state index in [4.69, 9.17) is 21.1 Å². The Balaban J connectivity index is 1.91. The molecule has 0 spiro atoms. The molecule has 0 aliphatic carbocycles. The van der Waals surface area contributed by atoms with Gasteiger partial charge in [0.25, 0.3) is 5.91 Å². The molecule has 2 heterocycles. The third-order valence-electron chi connectivity index (χ3n) is 5.77. The number of aliphatic carboxylic acids is 1. The first kappa shape index (κ1) is 22.6. The van der Waals surface area contributed by atoms with E-state index in [1.165, 1.54) is 12.0 Å². The second-order valence-electron chi connectivity index (χ2n) is 7.66. The van der Waals surface area contributed by atoms with E-state index in [1.807, 2.05) is 24.3 Å². The van der Waals surface area contributed by atoms with Gasteiger partial charge < -0.3 is 19.5 Å². The molecule has 170 valence electrons. The molecule has 1 N–H and O–H groups in total. The van der Waals surface area contributed by atoms with E-state index in [0.717, 1.165) is 5.56 Å². The number of nitrogens with zero attached hydrogens (tertiary/aromatic N) is 2.